The topological polar surface area (TPSA) is 24.1 Å². The second-order valence-electron chi connectivity index (χ2n) is 18.3. The number of benzene rings is 8. The normalized spacial score (nSPS) is 15.4. The SMILES string of the molecule is CC1(C)c2ccccc2-c2ccc(Nc3cccc4c3-c3cccc(-c5ccc(-c6ccc(Nc7cccc8c7-c7ccccc7C8(C)C)cc6)cc5)c3C4(C)C)cc21. The predicted molar refractivity (Wildman–Crippen MR) is 249 cm³/mol. The van der Waals surface area contributed by atoms with Crippen LogP contribution in [-0.2, 0) is 16.2 Å². The average molecular weight is 761 g/mol. The molecule has 0 heterocycles. The van der Waals surface area contributed by atoms with Crippen molar-refractivity contribution >= 4 is 22.7 Å². The van der Waals surface area contributed by atoms with Gasteiger partial charge in [-0.3, -0.25) is 0 Å². The highest BCUT2D eigenvalue weighted by Crippen LogP contribution is 2.56. The van der Waals surface area contributed by atoms with Crippen molar-refractivity contribution in [2.75, 3.05) is 10.6 Å². The molecule has 59 heavy (non-hydrogen) atoms. The number of nitrogens with one attached hydrogen (secondary N) is 2. The maximum Gasteiger partial charge on any atom is 0.0467 e. The van der Waals surface area contributed by atoms with Gasteiger partial charge in [0.25, 0.3) is 0 Å². The van der Waals surface area contributed by atoms with Gasteiger partial charge in [-0.05, 0) is 114 Å². The van der Waals surface area contributed by atoms with Gasteiger partial charge in [0.15, 0.2) is 0 Å². The molecule has 0 atom stereocenters. The van der Waals surface area contributed by atoms with E-state index in [-0.39, 0.29) is 16.2 Å². The number of rotatable bonds is 6. The van der Waals surface area contributed by atoms with Gasteiger partial charge in [0.2, 0.25) is 0 Å². The van der Waals surface area contributed by atoms with E-state index in [0.29, 0.717) is 0 Å². The molecule has 286 valence electrons. The molecule has 8 aromatic carbocycles. The third-order valence-electron chi connectivity index (χ3n) is 13.9. The largest absolute Gasteiger partial charge is 0.355 e. The molecule has 0 bridgehead atoms. The number of hydrogen-bond acceptors (Lipinski definition) is 2. The molecule has 0 saturated heterocycles. The van der Waals surface area contributed by atoms with Crippen molar-refractivity contribution in [2.24, 2.45) is 0 Å². The van der Waals surface area contributed by atoms with Crippen molar-refractivity contribution in [2.45, 2.75) is 57.8 Å². The van der Waals surface area contributed by atoms with Crippen LogP contribution in [0.3, 0.4) is 0 Å². The molecule has 0 spiro atoms. The summed E-state index contributed by atoms with van der Waals surface area (Å²) in [5.41, 5.74) is 25.4. The van der Waals surface area contributed by atoms with Crippen molar-refractivity contribution in [3.8, 4) is 55.6 Å². The molecule has 0 aliphatic heterocycles. The molecule has 11 rings (SSSR count). The van der Waals surface area contributed by atoms with E-state index in [1.54, 1.807) is 0 Å². The van der Waals surface area contributed by atoms with Crippen LogP contribution in [0.25, 0.3) is 55.6 Å². The summed E-state index contributed by atoms with van der Waals surface area (Å²) in [4.78, 5) is 0. The fourth-order valence-corrected chi connectivity index (χ4v) is 10.8. The van der Waals surface area contributed by atoms with Gasteiger partial charge in [0.1, 0.15) is 0 Å². The van der Waals surface area contributed by atoms with Gasteiger partial charge < -0.3 is 10.6 Å². The number of fused-ring (bicyclic) bond motifs is 9. The van der Waals surface area contributed by atoms with Crippen LogP contribution in [0.1, 0.15) is 74.9 Å². The lowest BCUT2D eigenvalue weighted by Crippen LogP contribution is -2.16. The molecule has 0 fully saturated rings. The Hall–Kier alpha value is -6.64. The Balaban J connectivity index is 0.875. The van der Waals surface area contributed by atoms with Crippen molar-refractivity contribution in [1.29, 1.82) is 0 Å². The van der Waals surface area contributed by atoms with E-state index in [2.05, 4.69) is 222 Å². The van der Waals surface area contributed by atoms with E-state index < -0.39 is 0 Å². The minimum Gasteiger partial charge on any atom is -0.355 e. The first-order chi connectivity index (χ1) is 28.5. The minimum atomic E-state index is -0.168. The maximum atomic E-state index is 3.89. The zero-order valence-electron chi connectivity index (χ0n) is 34.7. The zero-order valence-corrected chi connectivity index (χ0v) is 34.7. The molecular formula is C57H48N2. The first-order valence-electron chi connectivity index (χ1n) is 21.0. The number of hydrogen-bond donors (Lipinski definition) is 2. The minimum absolute atomic E-state index is 0.0195. The zero-order chi connectivity index (χ0) is 40.3. The van der Waals surface area contributed by atoms with Crippen LogP contribution in [-0.4, -0.2) is 0 Å². The first-order valence-corrected chi connectivity index (χ1v) is 21.0. The summed E-state index contributed by atoms with van der Waals surface area (Å²) in [6.45, 7) is 14.1. The standard InChI is InChI=1S/C57H48N2/c1-55(2)46-19-10-8-15-43(46)52-47(55)20-12-22-50(52)58-38-30-28-36(29-31-38)35-24-26-37(27-25-35)40-16-11-17-44-53-48(57(5,6)54(40)44)21-13-23-51(53)59-39-32-33-42-41-14-7-9-18-45(41)56(3,4)49(42)34-39/h7-34,58-59H,1-6H3. The lowest BCUT2D eigenvalue weighted by atomic mass is 9.78. The third-order valence-corrected chi connectivity index (χ3v) is 13.9. The maximum absolute atomic E-state index is 3.89. The van der Waals surface area contributed by atoms with Crippen LogP contribution in [0.2, 0.25) is 0 Å². The molecule has 3 aliphatic carbocycles. The fourth-order valence-electron chi connectivity index (χ4n) is 10.8. The van der Waals surface area contributed by atoms with Gasteiger partial charge in [-0.15, -0.1) is 0 Å². The van der Waals surface area contributed by atoms with Gasteiger partial charge in [0.05, 0.1) is 0 Å². The van der Waals surface area contributed by atoms with E-state index in [0.717, 1.165) is 22.7 Å². The number of anilines is 4. The predicted octanol–water partition coefficient (Wildman–Crippen LogP) is 15.4. The average Bonchev–Trinajstić information content (AvgIpc) is 3.75. The second kappa shape index (κ2) is 12.7. The highest BCUT2D eigenvalue weighted by Gasteiger charge is 2.40. The van der Waals surface area contributed by atoms with Crippen molar-refractivity contribution in [3.63, 3.8) is 0 Å². The van der Waals surface area contributed by atoms with Gasteiger partial charge in [-0.2, -0.15) is 0 Å². The Kier molecular flexibility index (Phi) is 7.63. The Morgan fingerprint density at radius 2 is 0.746 bits per heavy atom. The van der Waals surface area contributed by atoms with Gasteiger partial charge >= 0.3 is 0 Å². The summed E-state index contributed by atoms with van der Waals surface area (Å²) in [6, 6.07) is 62.9. The highest BCUT2D eigenvalue weighted by molar-refractivity contribution is 5.96. The van der Waals surface area contributed by atoms with Crippen LogP contribution in [0.4, 0.5) is 22.7 Å². The molecule has 3 aliphatic rings. The summed E-state index contributed by atoms with van der Waals surface area (Å²) in [5.74, 6) is 0. The Morgan fingerprint density at radius 1 is 0.305 bits per heavy atom. The van der Waals surface area contributed by atoms with Gasteiger partial charge in [0, 0.05) is 50.1 Å². The first kappa shape index (κ1) is 35.5. The molecule has 2 heteroatoms. The quantitative estimate of drug-likeness (QED) is 0.176. The Labute approximate surface area is 348 Å². The smallest absolute Gasteiger partial charge is 0.0467 e. The van der Waals surface area contributed by atoms with E-state index >= 15 is 0 Å². The molecule has 0 unspecified atom stereocenters. The van der Waals surface area contributed by atoms with Crippen LogP contribution < -0.4 is 10.6 Å². The van der Waals surface area contributed by atoms with Crippen molar-refractivity contribution in [3.05, 3.63) is 203 Å². The summed E-state index contributed by atoms with van der Waals surface area (Å²) < 4.78 is 0. The van der Waals surface area contributed by atoms with Gasteiger partial charge in [-0.25, -0.2) is 0 Å². The second-order valence-corrected chi connectivity index (χ2v) is 18.3. The third kappa shape index (κ3) is 5.25. The van der Waals surface area contributed by atoms with E-state index in [1.165, 1.54) is 89.0 Å². The van der Waals surface area contributed by atoms with E-state index in [9.17, 15) is 0 Å². The molecule has 0 radical (unpaired) electrons. The molecule has 2 N–H and O–H groups in total. The van der Waals surface area contributed by atoms with Crippen LogP contribution in [0.5, 0.6) is 0 Å². The fraction of sp³-hybridized carbons (Fsp3) is 0.158. The van der Waals surface area contributed by atoms with Crippen LogP contribution in [0, 0.1) is 0 Å². The summed E-state index contributed by atoms with van der Waals surface area (Å²) in [7, 11) is 0. The monoisotopic (exact) mass is 760 g/mol. The Morgan fingerprint density at radius 3 is 1.44 bits per heavy atom. The van der Waals surface area contributed by atoms with Crippen LogP contribution >= 0.6 is 0 Å². The molecule has 8 aromatic rings. The van der Waals surface area contributed by atoms with Crippen molar-refractivity contribution in [1.82, 2.24) is 0 Å². The molecule has 0 saturated carbocycles. The van der Waals surface area contributed by atoms with Gasteiger partial charge in [-0.1, -0.05) is 175 Å². The summed E-state index contributed by atoms with van der Waals surface area (Å²) >= 11 is 0. The molecule has 2 nitrogen and oxygen atoms in total. The summed E-state index contributed by atoms with van der Waals surface area (Å²) in [5, 5.41) is 7.65. The lowest BCUT2D eigenvalue weighted by molar-refractivity contribution is 0.660. The lowest BCUT2D eigenvalue weighted by Gasteiger charge is -2.25. The summed E-state index contributed by atoms with van der Waals surface area (Å²) in [6.07, 6.45) is 0. The van der Waals surface area contributed by atoms with Crippen molar-refractivity contribution < 1.29 is 0 Å². The van der Waals surface area contributed by atoms with E-state index in [1.807, 2.05) is 0 Å². The van der Waals surface area contributed by atoms with Crippen LogP contribution in [0.15, 0.2) is 170 Å². The molecule has 0 amide bonds. The Bertz CT molecular complexity index is 3000. The molecule has 0 aromatic heterocycles. The van der Waals surface area contributed by atoms with E-state index in [4.69, 9.17) is 0 Å². The molecular weight excluding hydrogens is 713 g/mol. The highest BCUT2D eigenvalue weighted by atomic mass is 14.9.